The van der Waals surface area contributed by atoms with E-state index in [0.29, 0.717) is 6.04 Å². The normalized spacial score (nSPS) is 34.2. The summed E-state index contributed by atoms with van der Waals surface area (Å²) in [7, 11) is 0. The van der Waals surface area contributed by atoms with Crippen LogP contribution in [0.1, 0.15) is 30.5 Å². The molecule has 2 unspecified atom stereocenters. The Bertz CT molecular complexity index is 389. The van der Waals surface area contributed by atoms with E-state index < -0.39 is 5.60 Å². The molecule has 0 bridgehead atoms. The van der Waals surface area contributed by atoms with Crippen LogP contribution in [0.2, 0.25) is 0 Å². The predicted molar refractivity (Wildman–Crippen MR) is 62.1 cm³/mol. The summed E-state index contributed by atoms with van der Waals surface area (Å²) in [5, 5.41) is 10.8. The van der Waals surface area contributed by atoms with E-state index in [1.807, 2.05) is 25.3 Å². The van der Waals surface area contributed by atoms with Crippen LogP contribution >= 0.6 is 0 Å². The molecule has 0 aromatic carbocycles. The first-order chi connectivity index (χ1) is 7.70. The summed E-state index contributed by atoms with van der Waals surface area (Å²) in [5.41, 5.74) is 1.35. The molecule has 1 aromatic heterocycles. The molecule has 0 amide bonds. The number of hydrogen-bond acceptors (Lipinski definition) is 3. The molecule has 0 aliphatic carbocycles. The molecular formula is C13H18N2O. The second kappa shape index (κ2) is 3.54. The lowest BCUT2D eigenvalue weighted by Crippen LogP contribution is -2.38. The van der Waals surface area contributed by atoms with Crippen LogP contribution < -0.4 is 0 Å². The fourth-order valence-electron chi connectivity index (χ4n) is 3.18. The van der Waals surface area contributed by atoms with Crippen molar-refractivity contribution in [2.75, 3.05) is 13.1 Å². The molecule has 0 saturated carbocycles. The molecule has 0 spiro atoms. The van der Waals surface area contributed by atoms with Gasteiger partial charge in [0.1, 0.15) is 5.60 Å². The summed E-state index contributed by atoms with van der Waals surface area (Å²) in [6.45, 7) is 4.14. The Hall–Kier alpha value is -0.930. The molecular weight excluding hydrogens is 200 g/mol. The Morgan fingerprint density at radius 3 is 3.06 bits per heavy atom. The molecule has 16 heavy (non-hydrogen) atoms. The molecule has 1 aromatic rings. The molecule has 86 valence electrons. The molecule has 2 fully saturated rings. The van der Waals surface area contributed by atoms with Gasteiger partial charge in [-0.1, -0.05) is 6.07 Å². The largest absolute Gasteiger partial charge is 0.383 e. The lowest BCUT2D eigenvalue weighted by molar-refractivity contribution is 0.00906. The number of fused-ring (bicyclic) bond motifs is 1. The number of pyridine rings is 1. The van der Waals surface area contributed by atoms with Crippen molar-refractivity contribution in [2.45, 2.75) is 37.8 Å². The SMILES string of the molecule is Cc1ccc(C2(O)CCN3CCCC32)cn1. The maximum absolute atomic E-state index is 10.8. The summed E-state index contributed by atoms with van der Waals surface area (Å²) in [4.78, 5) is 6.72. The quantitative estimate of drug-likeness (QED) is 0.775. The first-order valence-corrected chi connectivity index (χ1v) is 6.10. The fraction of sp³-hybridized carbons (Fsp3) is 0.615. The molecule has 1 N–H and O–H groups in total. The third kappa shape index (κ3) is 1.39. The zero-order valence-electron chi connectivity index (χ0n) is 9.69. The Morgan fingerprint density at radius 1 is 1.44 bits per heavy atom. The van der Waals surface area contributed by atoms with Crippen molar-refractivity contribution in [2.24, 2.45) is 0 Å². The van der Waals surface area contributed by atoms with Crippen molar-refractivity contribution in [3.05, 3.63) is 29.6 Å². The number of nitrogens with zero attached hydrogens (tertiary/aromatic N) is 2. The zero-order valence-corrected chi connectivity index (χ0v) is 9.69. The van der Waals surface area contributed by atoms with Crippen LogP contribution in [-0.4, -0.2) is 34.1 Å². The van der Waals surface area contributed by atoms with Crippen LogP contribution in [0.3, 0.4) is 0 Å². The molecule has 2 atom stereocenters. The third-order valence-electron chi connectivity index (χ3n) is 4.11. The van der Waals surface area contributed by atoms with Gasteiger partial charge >= 0.3 is 0 Å². The van der Waals surface area contributed by atoms with Crippen molar-refractivity contribution >= 4 is 0 Å². The van der Waals surface area contributed by atoms with E-state index in [2.05, 4.69) is 9.88 Å². The van der Waals surface area contributed by atoms with Crippen molar-refractivity contribution in [1.29, 1.82) is 0 Å². The van der Waals surface area contributed by atoms with Crippen LogP contribution in [0, 0.1) is 6.92 Å². The maximum Gasteiger partial charge on any atom is 0.108 e. The first-order valence-electron chi connectivity index (χ1n) is 6.10. The summed E-state index contributed by atoms with van der Waals surface area (Å²) in [6, 6.07) is 4.34. The van der Waals surface area contributed by atoms with Gasteiger partial charge in [0.15, 0.2) is 0 Å². The highest BCUT2D eigenvalue weighted by Crippen LogP contribution is 2.42. The Labute approximate surface area is 96.1 Å². The van der Waals surface area contributed by atoms with Gasteiger partial charge in [-0.25, -0.2) is 0 Å². The fourth-order valence-corrected chi connectivity index (χ4v) is 3.18. The molecule has 2 aliphatic rings. The minimum Gasteiger partial charge on any atom is -0.383 e. The number of aliphatic hydroxyl groups is 1. The molecule has 3 nitrogen and oxygen atoms in total. The lowest BCUT2D eigenvalue weighted by Gasteiger charge is -2.30. The zero-order chi connectivity index (χ0) is 11.2. The van der Waals surface area contributed by atoms with Crippen LogP contribution in [0.15, 0.2) is 18.3 Å². The third-order valence-corrected chi connectivity index (χ3v) is 4.11. The first kappa shape index (κ1) is 10.2. The van der Waals surface area contributed by atoms with Gasteiger partial charge in [0.25, 0.3) is 0 Å². The van der Waals surface area contributed by atoms with Crippen molar-refractivity contribution in [1.82, 2.24) is 9.88 Å². The molecule has 3 rings (SSSR count). The van der Waals surface area contributed by atoms with Crippen LogP contribution in [0.5, 0.6) is 0 Å². The van der Waals surface area contributed by atoms with Gasteiger partial charge in [-0.2, -0.15) is 0 Å². The van der Waals surface area contributed by atoms with E-state index in [9.17, 15) is 5.11 Å². The van der Waals surface area contributed by atoms with Gasteiger partial charge in [-0.05, 0) is 38.8 Å². The average molecular weight is 218 g/mol. The van der Waals surface area contributed by atoms with Crippen LogP contribution in [-0.2, 0) is 5.60 Å². The second-order valence-electron chi connectivity index (χ2n) is 5.06. The van der Waals surface area contributed by atoms with Gasteiger partial charge in [-0.15, -0.1) is 0 Å². The molecule has 2 aliphatic heterocycles. The van der Waals surface area contributed by atoms with E-state index >= 15 is 0 Å². The molecule has 3 heterocycles. The van der Waals surface area contributed by atoms with Gasteiger partial charge in [0.05, 0.1) is 0 Å². The summed E-state index contributed by atoms with van der Waals surface area (Å²) < 4.78 is 0. The smallest absolute Gasteiger partial charge is 0.108 e. The molecule has 2 saturated heterocycles. The highest BCUT2D eigenvalue weighted by molar-refractivity contribution is 5.25. The van der Waals surface area contributed by atoms with Gasteiger partial charge in [0.2, 0.25) is 0 Å². The predicted octanol–water partition coefficient (Wildman–Crippen LogP) is 1.45. The lowest BCUT2D eigenvalue weighted by atomic mass is 9.86. The van der Waals surface area contributed by atoms with Crippen molar-refractivity contribution in [3.8, 4) is 0 Å². The van der Waals surface area contributed by atoms with Crippen LogP contribution in [0.4, 0.5) is 0 Å². The summed E-state index contributed by atoms with van der Waals surface area (Å²) in [5.74, 6) is 0. The Balaban J connectivity index is 1.95. The standard InChI is InChI=1S/C13H18N2O/c1-10-4-5-11(9-14-10)13(16)6-8-15-7-2-3-12(13)15/h4-5,9,12,16H,2-3,6-8H2,1H3. The van der Waals surface area contributed by atoms with E-state index in [1.54, 1.807) is 0 Å². The maximum atomic E-state index is 10.8. The van der Waals surface area contributed by atoms with Gasteiger partial charge in [0, 0.05) is 30.0 Å². The Morgan fingerprint density at radius 2 is 2.31 bits per heavy atom. The van der Waals surface area contributed by atoms with E-state index in [1.165, 1.54) is 6.42 Å². The number of aromatic nitrogens is 1. The minimum atomic E-state index is -0.656. The number of aryl methyl sites for hydroxylation is 1. The highest BCUT2D eigenvalue weighted by Gasteiger charge is 2.49. The van der Waals surface area contributed by atoms with Crippen LogP contribution in [0.25, 0.3) is 0 Å². The highest BCUT2D eigenvalue weighted by atomic mass is 16.3. The average Bonchev–Trinajstić information content (AvgIpc) is 2.85. The number of hydrogen-bond donors (Lipinski definition) is 1. The molecule has 3 heteroatoms. The van der Waals surface area contributed by atoms with E-state index in [-0.39, 0.29) is 0 Å². The number of rotatable bonds is 1. The summed E-state index contributed by atoms with van der Waals surface area (Å²) >= 11 is 0. The second-order valence-corrected chi connectivity index (χ2v) is 5.06. The van der Waals surface area contributed by atoms with Gasteiger partial charge < -0.3 is 5.11 Å². The van der Waals surface area contributed by atoms with E-state index in [4.69, 9.17) is 0 Å². The topological polar surface area (TPSA) is 36.4 Å². The summed E-state index contributed by atoms with van der Waals surface area (Å²) in [6.07, 6.45) is 5.02. The van der Waals surface area contributed by atoms with Crippen molar-refractivity contribution < 1.29 is 5.11 Å². The van der Waals surface area contributed by atoms with E-state index in [0.717, 1.165) is 37.2 Å². The van der Waals surface area contributed by atoms with Crippen molar-refractivity contribution in [3.63, 3.8) is 0 Å². The van der Waals surface area contributed by atoms with Gasteiger partial charge in [-0.3, -0.25) is 9.88 Å². The Kier molecular flexibility index (Phi) is 2.26. The monoisotopic (exact) mass is 218 g/mol. The molecule has 0 radical (unpaired) electrons. The minimum absolute atomic E-state index is 0.317.